The molecule has 0 saturated carbocycles. The monoisotopic (exact) mass is 972 g/mol. The Hall–Kier alpha value is -1.53. The van der Waals surface area contributed by atoms with Crippen molar-refractivity contribution in [1.82, 2.24) is 5.32 Å². The zero-order valence-corrected chi connectivity index (χ0v) is 42.6. The lowest BCUT2D eigenvalue weighted by Gasteiger charge is -2.46. The molecule has 4 unspecified atom stereocenters. The summed E-state index contributed by atoms with van der Waals surface area (Å²) in [6.45, 7) is 2.79. The SMILES string of the molecule is CCCCCCCC/C=C\CCCCCCCCCCCCCC(=O)N[C@@H](CO[C@@H]1O[C@H](CO)[C@@H](O[C@@H]2O[C@H](CO)[C@H](O)C(O)C2O)C(O)C1O)[C@H](O)/C=C/CCCCCCCCCCCCC. The average molecular weight is 972 g/mol. The van der Waals surface area contributed by atoms with Crippen molar-refractivity contribution in [3.05, 3.63) is 24.3 Å². The van der Waals surface area contributed by atoms with Gasteiger partial charge in [-0.1, -0.05) is 192 Å². The van der Waals surface area contributed by atoms with Gasteiger partial charge in [-0.15, -0.1) is 0 Å². The highest BCUT2D eigenvalue weighted by molar-refractivity contribution is 5.76. The third-order valence-electron chi connectivity index (χ3n) is 13.6. The molecule has 9 N–H and O–H groups in total. The highest BCUT2D eigenvalue weighted by Crippen LogP contribution is 2.30. The minimum absolute atomic E-state index is 0.240. The summed E-state index contributed by atoms with van der Waals surface area (Å²) in [5.74, 6) is -0.240. The maximum Gasteiger partial charge on any atom is 0.220 e. The molecule has 2 saturated heterocycles. The Morgan fingerprint density at radius 3 is 1.40 bits per heavy atom. The van der Waals surface area contributed by atoms with E-state index in [1.807, 2.05) is 6.08 Å². The summed E-state index contributed by atoms with van der Waals surface area (Å²) in [5, 5.41) is 86.8. The van der Waals surface area contributed by atoms with E-state index in [0.717, 1.165) is 38.5 Å². The standard InChI is InChI=1S/C54H101NO13/c1-3-5-7-9-11-13-15-17-18-19-20-21-22-23-24-26-28-30-32-34-36-38-46(59)55-42(43(58)37-35-33-31-29-27-25-16-14-12-10-8-6-4-2)41-65-53-51(64)49(62)52(45(40-57)67-53)68-54-50(63)48(61)47(60)44(39-56)66-54/h17-18,35,37,42-45,47-54,56-58,60-64H,3-16,19-34,36,38-41H2,1-2H3,(H,55,59)/b18-17-,37-35+/t42-,43+,44+,45+,47-,48?,49?,50?,51?,52+,53+,54-/m0/s1. The molecular weight excluding hydrogens is 871 g/mol. The molecule has 400 valence electrons. The number of carbonyl (C=O) groups excluding carboxylic acids is 1. The first-order valence-electron chi connectivity index (χ1n) is 27.6. The molecule has 12 atom stereocenters. The molecule has 0 aliphatic carbocycles. The summed E-state index contributed by atoms with van der Waals surface area (Å²) in [6.07, 6.45) is 29.3. The fraction of sp³-hybridized carbons (Fsp3) is 0.907. The first-order chi connectivity index (χ1) is 33.1. The summed E-state index contributed by atoms with van der Waals surface area (Å²) in [4.78, 5) is 13.2. The maximum atomic E-state index is 13.2. The first-order valence-corrected chi connectivity index (χ1v) is 27.6. The molecule has 0 radical (unpaired) electrons. The average Bonchev–Trinajstić information content (AvgIpc) is 3.34. The number of rotatable bonds is 43. The van der Waals surface area contributed by atoms with Crippen molar-refractivity contribution in [2.75, 3.05) is 19.8 Å². The summed E-state index contributed by atoms with van der Waals surface area (Å²) in [5.41, 5.74) is 0. The lowest BCUT2D eigenvalue weighted by Crippen LogP contribution is -2.65. The van der Waals surface area contributed by atoms with E-state index in [1.54, 1.807) is 6.08 Å². The zero-order chi connectivity index (χ0) is 49.6. The van der Waals surface area contributed by atoms with Gasteiger partial charge in [-0.3, -0.25) is 4.79 Å². The van der Waals surface area contributed by atoms with Crippen LogP contribution in [0.1, 0.15) is 219 Å². The molecule has 0 aromatic rings. The van der Waals surface area contributed by atoms with Crippen molar-refractivity contribution in [1.29, 1.82) is 0 Å². The molecule has 2 aliphatic heterocycles. The third-order valence-corrected chi connectivity index (χ3v) is 13.6. The van der Waals surface area contributed by atoms with Gasteiger partial charge in [0, 0.05) is 6.42 Å². The van der Waals surface area contributed by atoms with Crippen LogP contribution in [0.25, 0.3) is 0 Å². The van der Waals surface area contributed by atoms with E-state index in [4.69, 9.17) is 18.9 Å². The number of allylic oxidation sites excluding steroid dienone is 3. The van der Waals surface area contributed by atoms with Crippen LogP contribution in [0.5, 0.6) is 0 Å². The third kappa shape index (κ3) is 27.3. The van der Waals surface area contributed by atoms with Crippen LogP contribution in [0.15, 0.2) is 24.3 Å². The number of ether oxygens (including phenoxy) is 4. The molecule has 0 spiro atoms. The maximum absolute atomic E-state index is 13.2. The van der Waals surface area contributed by atoms with E-state index in [2.05, 4.69) is 31.3 Å². The van der Waals surface area contributed by atoms with Crippen LogP contribution in [-0.4, -0.2) is 140 Å². The predicted octanol–water partition coefficient (Wildman–Crippen LogP) is 8.11. The van der Waals surface area contributed by atoms with E-state index < -0.39 is 86.8 Å². The number of hydrogen-bond acceptors (Lipinski definition) is 13. The molecule has 2 aliphatic rings. The lowest BCUT2D eigenvalue weighted by molar-refractivity contribution is -0.359. The van der Waals surface area contributed by atoms with Gasteiger partial charge in [0.25, 0.3) is 0 Å². The quantitative estimate of drug-likeness (QED) is 0.0208. The van der Waals surface area contributed by atoms with E-state index in [9.17, 15) is 45.6 Å². The smallest absolute Gasteiger partial charge is 0.220 e. The second-order valence-electron chi connectivity index (χ2n) is 19.7. The van der Waals surface area contributed by atoms with E-state index in [0.29, 0.717) is 6.42 Å². The second-order valence-corrected chi connectivity index (χ2v) is 19.7. The van der Waals surface area contributed by atoms with Gasteiger partial charge in [-0.05, 0) is 44.9 Å². The minimum Gasteiger partial charge on any atom is -0.394 e. The summed E-state index contributed by atoms with van der Waals surface area (Å²) in [6, 6.07) is -0.911. The van der Waals surface area contributed by atoms with Gasteiger partial charge in [0.15, 0.2) is 12.6 Å². The summed E-state index contributed by atoms with van der Waals surface area (Å²) >= 11 is 0. The van der Waals surface area contributed by atoms with Gasteiger partial charge < -0.3 is 65.1 Å². The number of amides is 1. The molecule has 2 fully saturated rings. The topological polar surface area (TPSA) is 228 Å². The number of aliphatic hydroxyl groups excluding tert-OH is 8. The number of unbranched alkanes of at least 4 members (excludes halogenated alkanes) is 28. The number of aliphatic hydroxyl groups is 8. The van der Waals surface area contributed by atoms with Gasteiger partial charge in [0.2, 0.25) is 5.91 Å². The van der Waals surface area contributed by atoms with Crippen LogP contribution in [0, 0.1) is 0 Å². The molecule has 0 aromatic heterocycles. The molecule has 14 nitrogen and oxygen atoms in total. The van der Waals surface area contributed by atoms with Gasteiger partial charge in [-0.2, -0.15) is 0 Å². The van der Waals surface area contributed by atoms with Crippen molar-refractivity contribution in [3.8, 4) is 0 Å². The Labute approximate surface area is 411 Å². The van der Waals surface area contributed by atoms with Crippen LogP contribution in [0.3, 0.4) is 0 Å². The Morgan fingerprint density at radius 2 is 0.926 bits per heavy atom. The Balaban J connectivity index is 1.78. The number of hydrogen-bond donors (Lipinski definition) is 9. The normalized spacial score (nSPS) is 26.5. The van der Waals surface area contributed by atoms with Gasteiger partial charge in [0.1, 0.15) is 48.8 Å². The fourth-order valence-electron chi connectivity index (χ4n) is 9.11. The summed E-state index contributed by atoms with van der Waals surface area (Å²) in [7, 11) is 0. The van der Waals surface area contributed by atoms with Gasteiger partial charge in [0.05, 0.1) is 32.0 Å². The molecule has 0 bridgehead atoms. The van der Waals surface area contributed by atoms with Crippen LogP contribution < -0.4 is 5.32 Å². The molecule has 0 aromatic carbocycles. The van der Waals surface area contributed by atoms with Crippen LogP contribution in [0.2, 0.25) is 0 Å². The minimum atomic E-state index is -1.79. The lowest BCUT2D eigenvalue weighted by atomic mass is 9.97. The predicted molar refractivity (Wildman–Crippen MR) is 268 cm³/mol. The molecule has 1 amide bonds. The first kappa shape index (κ1) is 62.6. The fourth-order valence-corrected chi connectivity index (χ4v) is 9.11. The van der Waals surface area contributed by atoms with Crippen molar-refractivity contribution in [3.63, 3.8) is 0 Å². The molecule has 68 heavy (non-hydrogen) atoms. The van der Waals surface area contributed by atoms with Crippen LogP contribution in [-0.2, 0) is 23.7 Å². The van der Waals surface area contributed by atoms with E-state index in [1.165, 1.54) is 154 Å². The van der Waals surface area contributed by atoms with Crippen LogP contribution in [0.4, 0.5) is 0 Å². The van der Waals surface area contributed by atoms with Gasteiger partial charge in [-0.25, -0.2) is 0 Å². The Morgan fingerprint density at radius 1 is 0.515 bits per heavy atom. The van der Waals surface area contributed by atoms with Gasteiger partial charge >= 0.3 is 0 Å². The number of carbonyl (C=O) groups is 1. The zero-order valence-electron chi connectivity index (χ0n) is 42.6. The highest BCUT2D eigenvalue weighted by Gasteiger charge is 2.51. The highest BCUT2D eigenvalue weighted by atomic mass is 16.7. The molecule has 2 heterocycles. The Bertz CT molecular complexity index is 1240. The van der Waals surface area contributed by atoms with E-state index >= 15 is 0 Å². The molecule has 14 heteroatoms. The van der Waals surface area contributed by atoms with Crippen molar-refractivity contribution in [2.45, 2.75) is 293 Å². The Kier molecular flexibility index (Phi) is 37.7. The summed E-state index contributed by atoms with van der Waals surface area (Å²) < 4.78 is 22.7. The number of nitrogens with one attached hydrogen (secondary N) is 1. The molecule has 2 rings (SSSR count). The van der Waals surface area contributed by atoms with E-state index in [-0.39, 0.29) is 18.9 Å². The van der Waals surface area contributed by atoms with Crippen LogP contribution >= 0.6 is 0 Å². The second kappa shape index (κ2) is 41.0. The largest absolute Gasteiger partial charge is 0.394 e. The molecular formula is C54H101NO13. The van der Waals surface area contributed by atoms with Crippen molar-refractivity contribution < 1.29 is 64.6 Å². The van der Waals surface area contributed by atoms with Crippen molar-refractivity contribution >= 4 is 5.91 Å². The van der Waals surface area contributed by atoms with Crippen molar-refractivity contribution in [2.24, 2.45) is 0 Å².